The van der Waals surface area contributed by atoms with E-state index < -0.39 is 23.5 Å². The summed E-state index contributed by atoms with van der Waals surface area (Å²) < 4.78 is 65.4. The van der Waals surface area contributed by atoms with Crippen molar-refractivity contribution in [1.29, 1.82) is 0 Å². The summed E-state index contributed by atoms with van der Waals surface area (Å²) in [6, 6.07) is 4.17. The van der Waals surface area contributed by atoms with Gasteiger partial charge in [0.25, 0.3) is 5.56 Å². The highest BCUT2D eigenvalue weighted by atomic mass is 19.4. The first kappa shape index (κ1) is 19.0. The third kappa shape index (κ3) is 4.39. The lowest BCUT2D eigenvalue weighted by Crippen LogP contribution is -2.33. The molecule has 0 radical (unpaired) electrons. The molecule has 2 heterocycles. The number of benzene rings is 1. The monoisotopic (exact) mass is 411 g/mol. The van der Waals surface area contributed by atoms with Crippen molar-refractivity contribution >= 4 is 0 Å². The van der Waals surface area contributed by atoms with E-state index in [0.29, 0.717) is 18.5 Å². The van der Waals surface area contributed by atoms with E-state index in [9.17, 15) is 22.4 Å². The fourth-order valence-corrected chi connectivity index (χ4v) is 3.03. The van der Waals surface area contributed by atoms with E-state index in [4.69, 9.17) is 9.26 Å². The molecule has 1 saturated carbocycles. The van der Waals surface area contributed by atoms with Crippen molar-refractivity contribution in [1.82, 2.24) is 15.1 Å². The molecule has 0 spiro atoms. The number of aromatic nitrogens is 3. The van der Waals surface area contributed by atoms with Crippen LogP contribution in [0.5, 0.6) is 11.6 Å². The molecule has 2 aromatic heterocycles. The largest absolute Gasteiger partial charge is 0.573 e. The predicted octanol–water partition coefficient (Wildman–Crippen LogP) is 3.79. The van der Waals surface area contributed by atoms with Crippen molar-refractivity contribution in [3.8, 4) is 23.1 Å². The minimum atomic E-state index is -4.84. The van der Waals surface area contributed by atoms with Crippen molar-refractivity contribution in [2.45, 2.75) is 31.2 Å². The van der Waals surface area contributed by atoms with Gasteiger partial charge in [0.05, 0.1) is 18.5 Å². The van der Waals surface area contributed by atoms with Gasteiger partial charge in [-0.1, -0.05) is 0 Å². The van der Waals surface area contributed by atoms with Gasteiger partial charge in [-0.15, -0.1) is 13.2 Å². The molecule has 0 bridgehead atoms. The number of halogens is 4. The normalized spacial score (nSPS) is 18.9. The summed E-state index contributed by atoms with van der Waals surface area (Å²) in [5.74, 6) is -0.895. The van der Waals surface area contributed by atoms with Gasteiger partial charge < -0.3 is 14.0 Å². The minimum Gasteiger partial charge on any atom is -0.473 e. The lowest BCUT2D eigenvalue weighted by Gasteiger charge is -2.35. The minimum absolute atomic E-state index is 0.149. The molecule has 0 atom stereocenters. The second-order valence-electron chi connectivity index (χ2n) is 6.46. The van der Waals surface area contributed by atoms with Gasteiger partial charge in [0.15, 0.2) is 5.76 Å². The number of rotatable bonds is 5. The second kappa shape index (κ2) is 7.22. The van der Waals surface area contributed by atoms with Crippen LogP contribution in [0.2, 0.25) is 0 Å². The van der Waals surface area contributed by atoms with E-state index in [1.165, 1.54) is 18.5 Å². The molecule has 0 amide bonds. The van der Waals surface area contributed by atoms with Crippen LogP contribution in [0.1, 0.15) is 24.3 Å². The van der Waals surface area contributed by atoms with Crippen LogP contribution in [0.3, 0.4) is 0 Å². The molecule has 1 N–H and O–H groups in total. The Labute approximate surface area is 160 Å². The van der Waals surface area contributed by atoms with E-state index in [0.717, 1.165) is 18.2 Å². The van der Waals surface area contributed by atoms with Crippen LogP contribution in [-0.4, -0.2) is 27.6 Å². The van der Waals surface area contributed by atoms with Crippen LogP contribution in [0.25, 0.3) is 11.5 Å². The third-order valence-corrected chi connectivity index (χ3v) is 4.43. The van der Waals surface area contributed by atoms with Crippen LogP contribution >= 0.6 is 0 Å². The first-order chi connectivity index (χ1) is 13.8. The van der Waals surface area contributed by atoms with E-state index in [1.54, 1.807) is 0 Å². The maximum atomic E-state index is 14.0. The lowest BCUT2D eigenvalue weighted by molar-refractivity contribution is -0.274. The number of nitrogens with one attached hydrogen (secondary N) is 1. The SMILES string of the molecule is O=c1cc(-c2cnc(OC3CC(c4cc(OC(F)(F)F)ccc4F)C3)cn2)o[nH]1. The van der Waals surface area contributed by atoms with Crippen molar-refractivity contribution in [2.75, 3.05) is 0 Å². The number of hydrogen-bond acceptors (Lipinski definition) is 6. The summed E-state index contributed by atoms with van der Waals surface area (Å²) in [6.07, 6.45) is -1.58. The Morgan fingerprint density at radius 1 is 1.14 bits per heavy atom. The molecule has 1 fully saturated rings. The molecule has 1 aliphatic carbocycles. The number of ether oxygens (including phenoxy) is 2. The summed E-state index contributed by atoms with van der Waals surface area (Å²) in [4.78, 5) is 19.2. The molecule has 4 rings (SSSR count). The highest BCUT2D eigenvalue weighted by Crippen LogP contribution is 2.41. The molecule has 152 valence electrons. The molecule has 0 aliphatic heterocycles. The van der Waals surface area contributed by atoms with Crippen LogP contribution < -0.4 is 15.0 Å². The van der Waals surface area contributed by atoms with Crippen molar-refractivity contribution in [3.63, 3.8) is 0 Å². The Balaban J connectivity index is 1.37. The summed E-state index contributed by atoms with van der Waals surface area (Å²) in [5, 5.41) is 2.14. The smallest absolute Gasteiger partial charge is 0.473 e. The summed E-state index contributed by atoms with van der Waals surface area (Å²) in [5.41, 5.74) is 0.0841. The Kier molecular flexibility index (Phi) is 4.73. The number of H-pyrrole nitrogens is 1. The molecule has 0 unspecified atom stereocenters. The summed E-state index contributed by atoms with van der Waals surface area (Å²) in [7, 11) is 0. The molecule has 1 aromatic carbocycles. The van der Waals surface area contributed by atoms with Crippen LogP contribution in [-0.2, 0) is 0 Å². The Morgan fingerprint density at radius 3 is 2.55 bits per heavy atom. The summed E-state index contributed by atoms with van der Waals surface area (Å²) in [6.45, 7) is 0. The predicted molar refractivity (Wildman–Crippen MR) is 89.8 cm³/mol. The maximum Gasteiger partial charge on any atom is 0.573 e. The Hall–Kier alpha value is -3.37. The fourth-order valence-electron chi connectivity index (χ4n) is 3.03. The standard InChI is InChI=1S/C18H13F4N3O4/c19-13-2-1-10(28-18(20,21)22)5-12(13)9-3-11(4-9)27-17-8-23-14(7-24-17)15-6-16(26)25-29-15/h1-2,5-9,11H,3-4H2,(H,25,26). The van der Waals surface area contributed by atoms with Crippen LogP contribution in [0.15, 0.2) is 46.0 Å². The zero-order valence-electron chi connectivity index (χ0n) is 14.6. The zero-order valence-corrected chi connectivity index (χ0v) is 14.6. The highest BCUT2D eigenvalue weighted by Gasteiger charge is 2.36. The van der Waals surface area contributed by atoms with E-state index in [1.807, 2.05) is 0 Å². The van der Waals surface area contributed by atoms with Crippen molar-refractivity contribution in [3.05, 3.63) is 58.4 Å². The quantitative estimate of drug-likeness (QED) is 0.643. The molecule has 0 saturated heterocycles. The molecule has 1 aliphatic rings. The van der Waals surface area contributed by atoms with Gasteiger partial charge in [-0.2, -0.15) is 5.16 Å². The van der Waals surface area contributed by atoms with E-state index in [2.05, 4.69) is 19.9 Å². The highest BCUT2D eigenvalue weighted by molar-refractivity contribution is 5.49. The van der Waals surface area contributed by atoms with Gasteiger partial charge in [0.1, 0.15) is 23.4 Å². The third-order valence-electron chi connectivity index (χ3n) is 4.43. The molecule has 7 nitrogen and oxygen atoms in total. The average molecular weight is 411 g/mol. The first-order valence-corrected chi connectivity index (χ1v) is 8.49. The van der Waals surface area contributed by atoms with E-state index >= 15 is 0 Å². The van der Waals surface area contributed by atoms with Gasteiger partial charge in [0.2, 0.25) is 5.88 Å². The second-order valence-corrected chi connectivity index (χ2v) is 6.46. The first-order valence-electron chi connectivity index (χ1n) is 8.49. The number of nitrogens with zero attached hydrogens (tertiary/aromatic N) is 2. The average Bonchev–Trinajstić information content (AvgIpc) is 3.05. The van der Waals surface area contributed by atoms with Gasteiger partial charge in [0, 0.05) is 0 Å². The Morgan fingerprint density at radius 2 is 1.93 bits per heavy atom. The molecule has 3 aromatic rings. The van der Waals surface area contributed by atoms with Gasteiger partial charge in [-0.3, -0.25) is 4.79 Å². The topological polar surface area (TPSA) is 90.2 Å². The van der Waals surface area contributed by atoms with Crippen molar-refractivity contribution < 1.29 is 31.6 Å². The maximum absolute atomic E-state index is 14.0. The van der Waals surface area contributed by atoms with Crippen LogP contribution in [0, 0.1) is 5.82 Å². The van der Waals surface area contributed by atoms with Gasteiger partial charge >= 0.3 is 6.36 Å². The number of aromatic amines is 1. The molecule has 29 heavy (non-hydrogen) atoms. The summed E-state index contributed by atoms with van der Waals surface area (Å²) >= 11 is 0. The Bertz CT molecular complexity index is 1060. The molecular weight excluding hydrogens is 398 g/mol. The fraction of sp³-hybridized carbons (Fsp3) is 0.278. The molecule has 11 heteroatoms. The van der Waals surface area contributed by atoms with Gasteiger partial charge in [-0.25, -0.2) is 14.4 Å². The molecular formula is C18H13F4N3O4. The van der Waals surface area contributed by atoms with E-state index in [-0.39, 0.29) is 29.2 Å². The number of alkyl halides is 3. The zero-order chi connectivity index (χ0) is 20.6. The lowest BCUT2D eigenvalue weighted by atomic mass is 9.77. The van der Waals surface area contributed by atoms with Gasteiger partial charge in [-0.05, 0) is 42.5 Å². The van der Waals surface area contributed by atoms with Crippen LogP contribution in [0.4, 0.5) is 17.6 Å². The number of hydrogen-bond donors (Lipinski definition) is 1. The van der Waals surface area contributed by atoms with Crippen molar-refractivity contribution in [2.24, 2.45) is 0 Å².